The summed E-state index contributed by atoms with van der Waals surface area (Å²) < 4.78 is 63.5. The third-order valence-electron chi connectivity index (χ3n) is 8.77. The van der Waals surface area contributed by atoms with Crippen LogP contribution in [0.4, 0.5) is 14.5 Å². The average Bonchev–Trinajstić information content (AvgIpc) is 3.44. The molecule has 2 heterocycles. The SMILES string of the molecule is C[C@@H]1CNC[C@H](CCc2c(F)cccc2NC(=O)[C@@H](N)C2(C3=CC(F)=CC3)CCOCC2)N1S(=O)(=O)c1ccccc1. The van der Waals surface area contributed by atoms with Crippen LogP contribution in [0.2, 0.25) is 0 Å². The van der Waals surface area contributed by atoms with Gasteiger partial charge in [0.25, 0.3) is 0 Å². The number of halogens is 2. The Morgan fingerprint density at radius 1 is 1.14 bits per heavy atom. The number of rotatable bonds is 9. The molecule has 0 radical (unpaired) electrons. The Morgan fingerprint density at radius 3 is 2.57 bits per heavy atom. The van der Waals surface area contributed by atoms with Crippen molar-refractivity contribution in [2.45, 2.75) is 62.0 Å². The number of hydrogen-bond donors (Lipinski definition) is 3. The van der Waals surface area contributed by atoms with Crippen molar-refractivity contribution in [2.24, 2.45) is 11.1 Å². The van der Waals surface area contributed by atoms with Crippen LogP contribution in [0.1, 0.15) is 38.2 Å². The molecule has 2 aliphatic heterocycles. The van der Waals surface area contributed by atoms with Gasteiger partial charge in [0.2, 0.25) is 15.9 Å². The second-order valence-electron chi connectivity index (χ2n) is 11.3. The van der Waals surface area contributed by atoms with E-state index >= 15 is 4.39 Å². The lowest BCUT2D eigenvalue weighted by molar-refractivity contribution is -0.121. The summed E-state index contributed by atoms with van der Waals surface area (Å²) in [4.78, 5) is 13.8. The maximum absolute atomic E-state index is 15.2. The number of carbonyl (C=O) groups excluding carboxylic acids is 1. The van der Waals surface area contributed by atoms with E-state index in [-0.39, 0.29) is 34.4 Å². The molecule has 8 nitrogen and oxygen atoms in total. The van der Waals surface area contributed by atoms with Crippen molar-refractivity contribution in [3.63, 3.8) is 0 Å². The molecule has 0 aromatic heterocycles. The number of ether oxygens (including phenoxy) is 1. The van der Waals surface area contributed by atoms with Crippen molar-refractivity contribution >= 4 is 21.6 Å². The van der Waals surface area contributed by atoms with Gasteiger partial charge in [0.1, 0.15) is 11.6 Å². The van der Waals surface area contributed by atoms with Gasteiger partial charge in [0.15, 0.2) is 0 Å². The molecule has 1 amide bonds. The van der Waals surface area contributed by atoms with E-state index in [1.807, 2.05) is 6.92 Å². The van der Waals surface area contributed by atoms with Gasteiger partial charge in [-0.15, -0.1) is 0 Å². The van der Waals surface area contributed by atoms with Gasteiger partial charge in [-0.2, -0.15) is 4.31 Å². The summed E-state index contributed by atoms with van der Waals surface area (Å²) >= 11 is 0. The quantitative estimate of drug-likeness (QED) is 0.400. The predicted molar refractivity (Wildman–Crippen MR) is 157 cm³/mol. The fourth-order valence-electron chi connectivity index (χ4n) is 6.48. The fraction of sp³-hybridized carbons (Fsp3) is 0.452. The van der Waals surface area contributed by atoms with E-state index < -0.39 is 39.2 Å². The number of amides is 1. The van der Waals surface area contributed by atoms with Gasteiger partial charge >= 0.3 is 0 Å². The summed E-state index contributed by atoms with van der Waals surface area (Å²) in [5.74, 6) is -1.33. The number of hydrogen-bond acceptors (Lipinski definition) is 6. The Bertz CT molecular complexity index is 1460. The largest absolute Gasteiger partial charge is 0.381 e. The van der Waals surface area contributed by atoms with Crippen molar-refractivity contribution < 1.29 is 26.7 Å². The first-order valence-corrected chi connectivity index (χ1v) is 15.8. The molecule has 3 atom stereocenters. The second-order valence-corrected chi connectivity index (χ2v) is 13.2. The summed E-state index contributed by atoms with van der Waals surface area (Å²) in [5.41, 5.74) is 7.15. The molecule has 3 aliphatic rings. The minimum absolute atomic E-state index is 0.191. The van der Waals surface area contributed by atoms with Gasteiger partial charge < -0.3 is 21.1 Å². The monoisotopic (exact) mass is 600 g/mol. The summed E-state index contributed by atoms with van der Waals surface area (Å²) in [7, 11) is -3.78. The molecule has 2 aromatic rings. The molecule has 0 saturated carbocycles. The molecule has 4 N–H and O–H groups in total. The number of benzene rings is 2. The van der Waals surface area contributed by atoms with E-state index in [2.05, 4.69) is 10.6 Å². The second kappa shape index (κ2) is 12.7. The molecular formula is C31H38F2N4O4S. The molecule has 1 aliphatic carbocycles. The van der Waals surface area contributed by atoms with Crippen molar-refractivity contribution in [2.75, 3.05) is 31.6 Å². The first-order valence-electron chi connectivity index (χ1n) is 14.4. The lowest BCUT2D eigenvalue weighted by Crippen LogP contribution is -2.58. The summed E-state index contributed by atoms with van der Waals surface area (Å²) in [6.45, 7) is 3.58. The highest BCUT2D eigenvalue weighted by molar-refractivity contribution is 7.89. The molecule has 2 aromatic carbocycles. The highest BCUT2D eigenvalue weighted by atomic mass is 32.2. The van der Waals surface area contributed by atoms with Gasteiger partial charge in [0, 0.05) is 55.1 Å². The Morgan fingerprint density at radius 2 is 1.88 bits per heavy atom. The summed E-state index contributed by atoms with van der Waals surface area (Å²) in [6.07, 6.45) is 4.79. The number of piperazine rings is 1. The molecule has 42 heavy (non-hydrogen) atoms. The Labute approximate surface area is 246 Å². The number of nitrogens with zero attached hydrogens (tertiary/aromatic N) is 1. The van der Waals surface area contributed by atoms with Crippen molar-refractivity contribution in [3.8, 4) is 0 Å². The zero-order valence-electron chi connectivity index (χ0n) is 23.7. The number of nitrogens with two attached hydrogens (primary N) is 1. The lowest BCUT2D eigenvalue weighted by Gasteiger charge is -2.42. The normalized spacial score (nSPS) is 23.6. The van der Waals surface area contributed by atoms with Gasteiger partial charge in [-0.25, -0.2) is 17.2 Å². The lowest BCUT2D eigenvalue weighted by atomic mass is 9.67. The molecule has 0 bridgehead atoms. The number of allylic oxidation sites excluding steroid dienone is 3. The Hall–Kier alpha value is -2.96. The molecule has 11 heteroatoms. The molecule has 2 fully saturated rings. The van der Waals surface area contributed by atoms with Crippen LogP contribution >= 0.6 is 0 Å². The van der Waals surface area contributed by atoms with Crippen LogP contribution in [0.3, 0.4) is 0 Å². The molecule has 226 valence electrons. The fourth-order valence-corrected chi connectivity index (χ4v) is 8.35. The number of carbonyl (C=O) groups is 1. The first kappa shape index (κ1) is 30.5. The predicted octanol–water partition coefficient (Wildman–Crippen LogP) is 4.06. The minimum atomic E-state index is -3.78. The van der Waals surface area contributed by atoms with Crippen molar-refractivity contribution in [1.29, 1.82) is 0 Å². The summed E-state index contributed by atoms with van der Waals surface area (Å²) in [6, 6.07) is 11.0. The Balaban J connectivity index is 1.35. The van der Waals surface area contributed by atoms with Crippen LogP contribution in [0.15, 0.2) is 77.0 Å². The molecule has 2 saturated heterocycles. The molecule has 0 unspecified atom stereocenters. The van der Waals surface area contributed by atoms with Crippen LogP contribution in [0.25, 0.3) is 0 Å². The van der Waals surface area contributed by atoms with E-state index in [0.29, 0.717) is 52.0 Å². The zero-order chi connectivity index (χ0) is 29.9. The highest BCUT2D eigenvalue weighted by Crippen LogP contribution is 2.45. The minimum Gasteiger partial charge on any atom is -0.381 e. The first-order chi connectivity index (χ1) is 20.1. The molecule has 0 spiro atoms. The highest BCUT2D eigenvalue weighted by Gasteiger charge is 2.45. The topological polar surface area (TPSA) is 114 Å². The number of anilines is 1. The van der Waals surface area contributed by atoms with Gasteiger partial charge in [-0.1, -0.05) is 29.8 Å². The standard InChI is InChI=1S/C31H38F2N4O4S/c1-21-19-35-20-24(37(21)42(39,40)25-6-3-2-4-7-25)12-13-26-27(33)8-5-9-28(26)36-30(38)29(34)31(14-16-41-17-15-31)22-10-11-23(32)18-22/h2-9,11,18,21,24,29,35H,10,12-17,19-20,34H2,1H3,(H,36,38)/t21-,24+,29-/m1/s1. The van der Waals surface area contributed by atoms with Crippen LogP contribution in [0.5, 0.6) is 0 Å². The summed E-state index contributed by atoms with van der Waals surface area (Å²) in [5, 5.41) is 6.13. The van der Waals surface area contributed by atoms with Crippen LogP contribution < -0.4 is 16.4 Å². The molecular weight excluding hydrogens is 562 g/mol. The van der Waals surface area contributed by atoms with E-state index in [1.165, 1.54) is 28.6 Å². The third-order valence-corrected chi connectivity index (χ3v) is 10.8. The smallest absolute Gasteiger partial charge is 0.243 e. The van der Waals surface area contributed by atoms with Gasteiger partial charge in [-0.3, -0.25) is 4.79 Å². The maximum atomic E-state index is 15.2. The number of sulfonamides is 1. The average molecular weight is 601 g/mol. The van der Waals surface area contributed by atoms with Crippen molar-refractivity contribution in [1.82, 2.24) is 9.62 Å². The molecule has 5 rings (SSSR count). The van der Waals surface area contributed by atoms with E-state index in [9.17, 15) is 17.6 Å². The van der Waals surface area contributed by atoms with Crippen LogP contribution in [-0.2, 0) is 26.0 Å². The van der Waals surface area contributed by atoms with E-state index in [1.54, 1.807) is 36.4 Å². The van der Waals surface area contributed by atoms with Gasteiger partial charge in [0.05, 0.1) is 10.9 Å². The van der Waals surface area contributed by atoms with E-state index in [4.69, 9.17) is 10.5 Å². The Kier molecular flexibility index (Phi) is 9.24. The van der Waals surface area contributed by atoms with Crippen LogP contribution in [0, 0.1) is 11.2 Å². The zero-order valence-corrected chi connectivity index (χ0v) is 24.5. The van der Waals surface area contributed by atoms with Crippen LogP contribution in [-0.4, -0.2) is 63.1 Å². The van der Waals surface area contributed by atoms with Gasteiger partial charge in [-0.05, 0) is 75.4 Å². The third kappa shape index (κ3) is 6.07. The number of nitrogens with one attached hydrogen (secondary N) is 2. The maximum Gasteiger partial charge on any atom is 0.243 e. The van der Waals surface area contributed by atoms with Crippen molar-refractivity contribution in [3.05, 3.63) is 83.5 Å². The van der Waals surface area contributed by atoms with E-state index in [0.717, 1.165) is 5.57 Å².